The van der Waals surface area contributed by atoms with Gasteiger partial charge >= 0.3 is 5.63 Å². The average molecular weight is 384 g/mol. The van der Waals surface area contributed by atoms with E-state index in [9.17, 15) is 9.90 Å². The SMILES string of the molecule is CC12CCC(N)C=C1CCC1C2CCC2(C)C(c3ccc(=O)oc3)CCC12O. The molecule has 0 bridgehead atoms. The molecule has 0 aromatic carbocycles. The molecule has 0 saturated heterocycles. The maximum Gasteiger partial charge on any atom is 0.335 e. The zero-order chi connectivity index (χ0) is 19.7. The van der Waals surface area contributed by atoms with E-state index in [1.165, 1.54) is 12.5 Å². The van der Waals surface area contributed by atoms with E-state index >= 15 is 0 Å². The van der Waals surface area contributed by atoms with Crippen molar-refractivity contribution in [3.63, 3.8) is 0 Å². The van der Waals surface area contributed by atoms with Crippen molar-refractivity contribution < 1.29 is 9.52 Å². The van der Waals surface area contributed by atoms with Gasteiger partial charge in [-0.3, -0.25) is 0 Å². The zero-order valence-corrected chi connectivity index (χ0v) is 17.1. The number of hydrogen-bond donors (Lipinski definition) is 2. The van der Waals surface area contributed by atoms with E-state index in [0.29, 0.717) is 11.8 Å². The molecular formula is C24H33NO3. The number of nitrogens with two attached hydrogens (primary N) is 1. The quantitative estimate of drug-likeness (QED) is 0.715. The van der Waals surface area contributed by atoms with Crippen molar-refractivity contribution in [2.75, 3.05) is 0 Å². The Morgan fingerprint density at radius 1 is 1.07 bits per heavy atom. The first-order valence-electron chi connectivity index (χ1n) is 11.1. The Balaban J connectivity index is 1.51. The lowest BCUT2D eigenvalue weighted by molar-refractivity contribution is -0.177. The van der Waals surface area contributed by atoms with Gasteiger partial charge in [-0.25, -0.2) is 4.79 Å². The normalized spacial score (nSPS) is 47.6. The molecule has 28 heavy (non-hydrogen) atoms. The predicted octanol–water partition coefficient (Wildman–Crippen LogP) is 4.13. The number of allylic oxidation sites excluding steroid dienone is 1. The number of fused-ring (bicyclic) bond motifs is 5. The minimum Gasteiger partial charge on any atom is -0.431 e. The first-order valence-corrected chi connectivity index (χ1v) is 11.1. The van der Waals surface area contributed by atoms with Crippen LogP contribution in [0, 0.1) is 22.7 Å². The summed E-state index contributed by atoms with van der Waals surface area (Å²) in [6.07, 6.45) is 12.3. The van der Waals surface area contributed by atoms with E-state index in [1.807, 2.05) is 6.07 Å². The standard InChI is InChI=1S/C24H33NO3/c1-22-10-7-17(25)13-16(22)4-5-20-19(22)8-11-23(2)18(9-12-24(20,23)27)15-3-6-21(26)28-14-15/h3,6,13-14,17-20,27H,4-5,7-12,25H2,1-2H3. The maximum atomic E-state index is 12.2. The summed E-state index contributed by atoms with van der Waals surface area (Å²) in [6, 6.07) is 3.64. The zero-order valence-electron chi connectivity index (χ0n) is 17.1. The summed E-state index contributed by atoms with van der Waals surface area (Å²) in [4.78, 5) is 11.4. The molecule has 0 spiro atoms. The second kappa shape index (κ2) is 6.06. The Hall–Kier alpha value is -1.39. The average Bonchev–Trinajstić information content (AvgIpc) is 2.95. The Kier molecular flexibility index (Phi) is 4.03. The molecule has 3 N–H and O–H groups in total. The third kappa shape index (κ3) is 2.34. The molecule has 0 amide bonds. The number of rotatable bonds is 1. The van der Waals surface area contributed by atoms with Gasteiger partial charge in [-0.15, -0.1) is 0 Å². The van der Waals surface area contributed by atoms with Gasteiger partial charge in [-0.05, 0) is 86.2 Å². The first-order chi connectivity index (χ1) is 13.3. The van der Waals surface area contributed by atoms with Gasteiger partial charge in [0, 0.05) is 17.5 Å². The van der Waals surface area contributed by atoms with E-state index in [-0.39, 0.29) is 28.4 Å². The summed E-state index contributed by atoms with van der Waals surface area (Å²) in [5.41, 5.74) is 7.97. The van der Waals surface area contributed by atoms with Gasteiger partial charge in [0.25, 0.3) is 0 Å². The van der Waals surface area contributed by atoms with E-state index in [0.717, 1.165) is 50.5 Å². The van der Waals surface area contributed by atoms with Crippen molar-refractivity contribution >= 4 is 0 Å². The van der Waals surface area contributed by atoms with Gasteiger partial charge in [-0.1, -0.05) is 25.5 Å². The molecule has 1 aromatic rings. The Bertz CT molecular complexity index is 854. The Morgan fingerprint density at radius 2 is 1.89 bits per heavy atom. The summed E-state index contributed by atoms with van der Waals surface area (Å²) in [6.45, 7) is 4.72. The van der Waals surface area contributed by atoms with Gasteiger partial charge in [0.2, 0.25) is 0 Å². The van der Waals surface area contributed by atoms with Crippen LogP contribution in [0.3, 0.4) is 0 Å². The molecule has 152 valence electrons. The lowest BCUT2D eigenvalue weighted by Crippen LogP contribution is -2.60. The molecule has 4 aliphatic carbocycles. The molecule has 4 heteroatoms. The molecule has 4 aliphatic rings. The first kappa shape index (κ1) is 18.6. The molecule has 0 aliphatic heterocycles. The van der Waals surface area contributed by atoms with Gasteiger partial charge in [0.15, 0.2) is 0 Å². The predicted molar refractivity (Wildman–Crippen MR) is 109 cm³/mol. The third-order valence-electron chi connectivity index (χ3n) is 9.46. The molecule has 3 fully saturated rings. The van der Waals surface area contributed by atoms with E-state index in [2.05, 4.69) is 19.9 Å². The van der Waals surface area contributed by atoms with Crippen LogP contribution in [0.5, 0.6) is 0 Å². The largest absolute Gasteiger partial charge is 0.431 e. The topological polar surface area (TPSA) is 76.5 Å². The minimum atomic E-state index is -0.634. The second-order valence-electron chi connectivity index (χ2n) is 10.4. The van der Waals surface area contributed by atoms with Gasteiger partial charge in [0.1, 0.15) is 0 Å². The molecule has 1 heterocycles. The molecule has 5 rings (SSSR count). The molecule has 4 nitrogen and oxygen atoms in total. The molecule has 1 aromatic heterocycles. The molecule has 3 saturated carbocycles. The highest BCUT2D eigenvalue weighted by Gasteiger charge is 2.66. The van der Waals surface area contributed by atoms with Crippen LogP contribution in [0.4, 0.5) is 0 Å². The lowest BCUT2D eigenvalue weighted by atomic mass is 9.45. The monoisotopic (exact) mass is 383 g/mol. The van der Waals surface area contributed by atoms with Crippen LogP contribution < -0.4 is 11.4 Å². The van der Waals surface area contributed by atoms with Gasteiger partial charge in [0.05, 0.1) is 11.9 Å². The molecular weight excluding hydrogens is 350 g/mol. The fourth-order valence-electron chi connectivity index (χ4n) is 7.83. The Morgan fingerprint density at radius 3 is 2.64 bits per heavy atom. The van der Waals surface area contributed by atoms with Crippen molar-refractivity contribution in [3.05, 3.63) is 46.0 Å². The van der Waals surface area contributed by atoms with Crippen LogP contribution in [0.1, 0.15) is 76.7 Å². The minimum absolute atomic E-state index is 0.156. The fraction of sp³-hybridized carbons (Fsp3) is 0.708. The van der Waals surface area contributed by atoms with Crippen LogP contribution in [0.2, 0.25) is 0 Å². The van der Waals surface area contributed by atoms with Gasteiger partial charge < -0.3 is 15.3 Å². The van der Waals surface area contributed by atoms with Crippen LogP contribution >= 0.6 is 0 Å². The summed E-state index contributed by atoms with van der Waals surface area (Å²) >= 11 is 0. The van der Waals surface area contributed by atoms with Crippen LogP contribution in [0.15, 0.2) is 39.3 Å². The summed E-state index contributed by atoms with van der Waals surface area (Å²) in [7, 11) is 0. The molecule has 0 radical (unpaired) electrons. The van der Waals surface area contributed by atoms with Crippen molar-refractivity contribution in [3.8, 4) is 0 Å². The fourth-order valence-corrected chi connectivity index (χ4v) is 7.83. The van der Waals surface area contributed by atoms with Crippen LogP contribution in [-0.4, -0.2) is 16.7 Å². The van der Waals surface area contributed by atoms with E-state index in [1.54, 1.807) is 11.8 Å². The maximum absolute atomic E-state index is 12.2. The van der Waals surface area contributed by atoms with Crippen LogP contribution in [-0.2, 0) is 0 Å². The molecule has 7 atom stereocenters. The van der Waals surface area contributed by atoms with Gasteiger partial charge in [-0.2, -0.15) is 0 Å². The lowest BCUT2D eigenvalue weighted by Gasteiger charge is -2.61. The number of hydrogen-bond acceptors (Lipinski definition) is 4. The van der Waals surface area contributed by atoms with E-state index < -0.39 is 5.60 Å². The van der Waals surface area contributed by atoms with Crippen LogP contribution in [0.25, 0.3) is 0 Å². The smallest absolute Gasteiger partial charge is 0.335 e. The molecule has 7 unspecified atom stereocenters. The Labute approximate surface area is 167 Å². The third-order valence-corrected chi connectivity index (χ3v) is 9.46. The van der Waals surface area contributed by atoms with E-state index in [4.69, 9.17) is 10.2 Å². The summed E-state index contributed by atoms with van der Waals surface area (Å²) in [5.74, 6) is 1.15. The highest BCUT2D eigenvalue weighted by Crippen LogP contribution is 2.69. The second-order valence-corrected chi connectivity index (χ2v) is 10.4. The van der Waals surface area contributed by atoms with Crippen molar-refractivity contribution in [2.45, 2.75) is 82.8 Å². The summed E-state index contributed by atoms with van der Waals surface area (Å²) in [5, 5.41) is 12.2. The summed E-state index contributed by atoms with van der Waals surface area (Å²) < 4.78 is 5.18. The van der Waals surface area contributed by atoms with Crippen molar-refractivity contribution in [2.24, 2.45) is 28.4 Å². The van der Waals surface area contributed by atoms with Crippen molar-refractivity contribution in [1.82, 2.24) is 0 Å². The highest BCUT2D eigenvalue weighted by atomic mass is 16.4. The highest BCUT2D eigenvalue weighted by molar-refractivity contribution is 5.31. The van der Waals surface area contributed by atoms with Crippen molar-refractivity contribution in [1.29, 1.82) is 0 Å². The number of aliphatic hydroxyl groups is 1.